The van der Waals surface area contributed by atoms with Gasteiger partial charge in [-0.25, -0.2) is 4.98 Å². The van der Waals surface area contributed by atoms with Crippen LogP contribution in [0.25, 0.3) is 11.0 Å². The fraction of sp³-hybridized carbons (Fsp3) is 0.278. The lowest BCUT2D eigenvalue weighted by atomic mass is 9.92. The fourth-order valence-electron chi connectivity index (χ4n) is 3.09. The first kappa shape index (κ1) is 12.5. The monoisotopic (exact) mass is 278 g/mol. The minimum Gasteiger partial charge on any atom is -0.493 e. The lowest BCUT2D eigenvalue weighted by Crippen LogP contribution is -2.16. The van der Waals surface area contributed by atoms with Gasteiger partial charge in [0, 0.05) is 11.5 Å². The van der Waals surface area contributed by atoms with Gasteiger partial charge in [0.05, 0.1) is 17.6 Å². The molecule has 0 spiro atoms. The second-order valence-corrected chi connectivity index (χ2v) is 5.55. The summed E-state index contributed by atoms with van der Waals surface area (Å²) in [5.41, 5.74) is 4.75. The number of H-pyrrole nitrogens is 1. The minimum absolute atomic E-state index is 0.299. The van der Waals surface area contributed by atoms with Crippen LogP contribution >= 0.6 is 0 Å². The number of fused-ring (bicyclic) bond motifs is 2. The predicted molar refractivity (Wildman–Crippen MR) is 83.9 cm³/mol. The zero-order valence-electron chi connectivity index (χ0n) is 12.1. The van der Waals surface area contributed by atoms with Gasteiger partial charge < -0.3 is 9.72 Å². The highest BCUT2D eigenvalue weighted by atomic mass is 16.5. The van der Waals surface area contributed by atoms with Gasteiger partial charge in [-0.2, -0.15) is 0 Å². The summed E-state index contributed by atoms with van der Waals surface area (Å²) in [5.74, 6) is 2.34. The molecule has 0 fully saturated rings. The number of aryl methyl sites for hydroxylation is 1. The van der Waals surface area contributed by atoms with Crippen LogP contribution in [0.4, 0.5) is 0 Å². The van der Waals surface area contributed by atoms with Crippen LogP contribution in [-0.4, -0.2) is 16.6 Å². The molecule has 106 valence electrons. The molecule has 0 bridgehead atoms. The molecule has 0 saturated carbocycles. The van der Waals surface area contributed by atoms with Gasteiger partial charge in [-0.15, -0.1) is 0 Å². The predicted octanol–water partition coefficient (Wildman–Crippen LogP) is 4.04. The highest BCUT2D eigenvalue weighted by Crippen LogP contribution is 2.37. The third-order valence-electron chi connectivity index (χ3n) is 4.26. The van der Waals surface area contributed by atoms with E-state index in [1.54, 1.807) is 0 Å². The van der Waals surface area contributed by atoms with Crippen molar-refractivity contribution in [1.82, 2.24) is 9.97 Å². The van der Waals surface area contributed by atoms with E-state index < -0.39 is 0 Å². The van der Waals surface area contributed by atoms with E-state index in [1.807, 2.05) is 12.1 Å². The van der Waals surface area contributed by atoms with E-state index >= 15 is 0 Å². The highest BCUT2D eigenvalue weighted by molar-refractivity contribution is 5.76. The van der Waals surface area contributed by atoms with Crippen LogP contribution in [0.5, 0.6) is 5.75 Å². The van der Waals surface area contributed by atoms with E-state index in [2.05, 4.69) is 42.2 Å². The Morgan fingerprint density at radius 2 is 2.14 bits per heavy atom. The van der Waals surface area contributed by atoms with Gasteiger partial charge in [-0.05, 0) is 36.6 Å². The smallest absolute Gasteiger partial charge is 0.123 e. The van der Waals surface area contributed by atoms with Crippen LogP contribution in [-0.2, 0) is 6.42 Å². The SMILES string of the molecule is CCc1ccc2nc(C3CCOc4ccccc43)[nH]c2c1. The van der Waals surface area contributed by atoms with Gasteiger partial charge in [-0.3, -0.25) is 0 Å². The first-order chi connectivity index (χ1) is 10.3. The second-order valence-electron chi connectivity index (χ2n) is 5.55. The summed E-state index contributed by atoms with van der Waals surface area (Å²) in [5, 5.41) is 0. The third-order valence-corrected chi connectivity index (χ3v) is 4.26. The Bertz CT molecular complexity index is 791. The highest BCUT2D eigenvalue weighted by Gasteiger charge is 2.25. The largest absolute Gasteiger partial charge is 0.493 e. The van der Waals surface area contributed by atoms with Crippen LogP contribution in [0.1, 0.15) is 36.2 Å². The Morgan fingerprint density at radius 1 is 1.24 bits per heavy atom. The Kier molecular flexibility index (Phi) is 2.92. The molecule has 3 heteroatoms. The Balaban J connectivity index is 1.80. The van der Waals surface area contributed by atoms with Crippen molar-refractivity contribution in [2.45, 2.75) is 25.7 Å². The Hall–Kier alpha value is -2.29. The van der Waals surface area contributed by atoms with Crippen molar-refractivity contribution in [3.63, 3.8) is 0 Å². The van der Waals surface area contributed by atoms with Crippen LogP contribution < -0.4 is 4.74 Å². The Labute approximate surface area is 124 Å². The van der Waals surface area contributed by atoms with Crippen LogP contribution in [0, 0.1) is 0 Å². The molecule has 1 N–H and O–H groups in total. The van der Waals surface area contributed by atoms with Gasteiger partial charge in [-0.1, -0.05) is 31.2 Å². The number of aromatic nitrogens is 2. The normalized spacial score (nSPS) is 17.5. The van der Waals surface area contributed by atoms with Crippen LogP contribution in [0.3, 0.4) is 0 Å². The number of imidazole rings is 1. The van der Waals surface area contributed by atoms with Crippen LogP contribution in [0.15, 0.2) is 42.5 Å². The number of hydrogen-bond donors (Lipinski definition) is 1. The molecule has 1 unspecified atom stereocenters. The molecular weight excluding hydrogens is 260 g/mol. The molecule has 21 heavy (non-hydrogen) atoms. The van der Waals surface area contributed by atoms with E-state index in [1.165, 1.54) is 11.1 Å². The van der Waals surface area contributed by atoms with Crippen molar-refractivity contribution in [1.29, 1.82) is 0 Å². The quantitative estimate of drug-likeness (QED) is 0.768. The van der Waals surface area contributed by atoms with Crippen molar-refractivity contribution in [3.05, 3.63) is 59.4 Å². The fourth-order valence-corrected chi connectivity index (χ4v) is 3.09. The van der Waals surface area contributed by atoms with Gasteiger partial charge in [0.1, 0.15) is 11.6 Å². The molecule has 2 aromatic carbocycles. The average Bonchev–Trinajstić information content (AvgIpc) is 2.97. The lowest BCUT2D eigenvalue weighted by molar-refractivity contribution is 0.275. The summed E-state index contributed by atoms with van der Waals surface area (Å²) < 4.78 is 5.74. The van der Waals surface area contributed by atoms with Gasteiger partial charge in [0.25, 0.3) is 0 Å². The number of para-hydroxylation sites is 1. The summed E-state index contributed by atoms with van der Waals surface area (Å²) in [4.78, 5) is 8.31. The average molecular weight is 278 g/mol. The third kappa shape index (κ3) is 2.09. The molecule has 0 aliphatic carbocycles. The van der Waals surface area contributed by atoms with E-state index in [0.717, 1.165) is 42.1 Å². The van der Waals surface area contributed by atoms with Crippen molar-refractivity contribution < 1.29 is 4.74 Å². The number of aromatic amines is 1. The molecule has 0 radical (unpaired) electrons. The molecule has 3 aromatic rings. The topological polar surface area (TPSA) is 37.9 Å². The molecule has 3 nitrogen and oxygen atoms in total. The molecule has 2 heterocycles. The van der Waals surface area contributed by atoms with Gasteiger partial charge in [0.2, 0.25) is 0 Å². The standard InChI is InChI=1S/C18H18N2O/c1-2-12-7-8-15-16(11-12)20-18(19-15)14-9-10-21-17-6-4-3-5-13(14)17/h3-8,11,14H,2,9-10H2,1H3,(H,19,20). The second kappa shape index (κ2) is 4.92. The number of hydrogen-bond acceptors (Lipinski definition) is 2. The minimum atomic E-state index is 0.299. The number of nitrogens with zero attached hydrogens (tertiary/aromatic N) is 1. The summed E-state index contributed by atoms with van der Waals surface area (Å²) in [6, 6.07) is 14.7. The first-order valence-electron chi connectivity index (χ1n) is 7.55. The zero-order valence-corrected chi connectivity index (χ0v) is 12.1. The van der Waals surface area contributed by atoms with Crippen molar-refractivity contribution >= 4 is 11.0 Å². The van der Waals surface area contributed by atoms with Crippen molar-refractivity contribution in [3.8, 4) is 5.75 Å². The van der Waals surface area contributed by atoms with E-state index in [4.69, 9.17) is 9.72 Å². The summed E-state index contributed by atoms with van der Waals surface area (Å²) >= 11 is 0. The molecule has 1 aromatic heterocycles. The molecule has 0 amide bonds. The van der Waals surface area contributed by atoms with Crippen LogP contribution in [0.2, 0.25) is 0 Å². The summed E-state index contributed by atoms with van der Waals surface area (Å²) in [6.07, 6.45) is 2.02. The Morgan fingerprint density at radius 3 is 3.05 bits per heavy atom. The van der Waals surface area contributed by atoms with Crippen molar-refractivity contribution in [2.75, 3.05) is 6.61 Å². The molecule has 1 atom stereocenters. The summed E-state index contributed by atoms with van der Waals surface area (Å²) in [7, 11) is 0. The van der Waals surface area contributed by atoms with E-state index in [9.17, 15) is 0 Å². The maximum Gasteiger partial charge on any atom is 0.123 e. The summed E-state index contributed by atoms with van der Waals surface area (Å²) in [6.45, 7) is 2.92. The van der Waals surface area contributed by atoms with E-state index in [-0.39, 0.29) is 0 Å². The van der Waals surface area contributed by atoms with Gasteiger partial charge in [0.15, 0.2) is 0 Å². The number of benzene rings is 2. The first-order valence-corrected chi connectivity index (χ1v) is 7.55. The maximum absolute atomic E-state index is 5.74. The number of nitrogens with one attached hydrogen (secondary N) is 1. The number of ether oxygens (including phenoxy) is 1. The molecule has 0 saturated heterocycles. The zero-order chi connectivity index (χ0) is 14.2. The van der Waals surface area contributed by atoms with Crippen molar-refractivity contribution in [2.24, 2.45) is 0 Å². The molecular formula is C18H18N2O. The van der Waals surface area contributed by atoms with Gasteiger partial charge >= 0.3 is 0 Å². The number of rotatable bonds is 2. The van der Waals surface area contributed by atoms with E-state index in [0.29, 0.717) is 5.92 Å². The molecule has 1 aliphatic rings. The maximum atomic E-state index is 5.74. The molecule has 1 aliphatic heterocycles. The lowest BCUT2D eigenvalue weighted by Gasteiger charge is -2.24. The molecule has 4 rings (SSSR count).